The van der Waals surface area contributed by atoms with Crippen molar-refractivity contribution < 1.29 is 9.59 Å². The van der Waals surface area contributed by atoms with E-state index < -0.39 is 5.91 Å². The van der Waals surface area contributed by atoms with Gasteiger partial charge in [0.2, 0.25) is 0 Å². The maximum absolute atomic E-state index is 12.8. The largest absolute Gasteiger partial charge is 0.358 e. The molecular weight excluding hydrogens is 408 g/mol. The normalized spacial score (nSPS) is 11.7. The molecule has 6 nitrogen and oxygen atoms in total. The number of aryl methyl sites for hydroxylation is 1. The molecule has 4 aromatic rings. The van der Waals surface area contributed by atoms with E-state index in [-0.39, 0.29) is 11.6 Å². The van der Waals surface area contributed by atoms with Crippen LogP contribution in [0.1, 0.15) is 26.5 Å². The van der Waals surface area contributed by atoms with E-state index in [2.05, 4.69) is 20.8 Å². The van der Waals surface area contributed by atoms with Crippen molar-refractivity contribution in [3.63, 3.8) is 0 Å². The highest BCUT2D eigenvalue weighted by atomic mass is 32.1. The number of para-hydroxylation sites is 1. The Balaban J connectivity index is 1.54. The first-order valence-electron chi connectivity index (χ1n) is 9.64. The summed E-state index contributed by atoms with van der Waals surface area (Å²) in [6, 6.07) is 20.4. The Morgan fingerprint density at radius 3 is 2.55 bits per heavy atom. The molecule has 3 N–H and O–H groups in total. The zero-order valence-electron chi connectivity index (χ0n) is 16.8. The third-order valence-electron chi connectivity index (χ3n) is 4.66. The second-order valence-corrected chi connectivity index (χ2v) is 7.78. The molecule has 0 fully saturated rings. The van der Waals surface area contributed by atoms with Crippen LogP contribution in [0.2, 0.25) is 0 Å². The summed E-state index contributed by atoms with van der Waals surface area (Å²) in [5.74, 6) is -0.874. The van der Waals surface area contributed by atoms with Gasteiger partial charge in [-0.2, -0.15) is 5.10 Å². The van der Waals surface area contributed by atoms with E-state index >= 15 is 0 Å². The van der Waals surface area contributed by atoms with E-state index in [1.54, 1.807) is 36.6 Å². The van der Waals surface area contributed by atoms with Crippen LogP contribution in [0.3, 0.4) is 0 Å². The van der Waals surface area contributed by atoms with Gasteiger partial charge < -0.3 is 10.3 Å². The molecule has 2 aromatic carbocycles. The van der Waals surface area contributed by atoms with E-state index in [0.29, 0.717) is 5.56 Å². The minimum atomic E-state index is -0.508. The molecule has 0 aliphatic rings. The summed E-state index contributed by atoms with van der Waals surface area (Å²) in [7, 11) is 0. The van der Waals surface area contributed by atoms with Crippen LogP contribution >= 0.6 is 11.3 Å². The molecule has 0 radical (unpaired) electrons. The third-order valence-corrected chi connectivity index (χ3v) is 5.48. The summed E-state index contributed by atoms with van der Waals surface area (Å²) >= 11 is 1.47. The highest BCUT2D eigenvalue weighted by Crippen LogP contribution is 2.20. The van der Waals surface area contributed by atoms with Gasteiger partial charge in [0.05, 0.1) is 6.21 Å². The monoisotopic (exact) mass is 428 g/mol. The van der Waals surface area contributed by atoms with Crippen LogP contribution in [0.15, 0.2) is 82.9 Å². The minimum absolute atomic E-state index is 0.115. The Morgan fingerprint density at radius 2 is 1.77 bits per heavy atom. The van der Waals surface area contributed by atoms with Crippen molar-refractivity contribution >= 4 is 46.3 Å². The van der Waals surface area contributed by atoms with Crippen molar-refractivity contribution in [2.75, 3.05) is 0 Å². The number of thiophene rings is 1. The third kappa shape index (κ3) is 4.79. The number of hydrogen-bond donors (Lipinski definition) is 3. The van der Waals surface area contributed by atoms with Gasteiger partial charge in [0, 0.05) is 32.6 Å². The molecule has 2 amide bonds. The van der Waals surface area contributed by atoms with Crippen LogP contribution in [0.25, 0.3) is 17.0 Å². The van der Waals surface area contributed by atoms with Crippen LogP contribution < -0.4 is 10.7 Å². The van der Waals surface area contributed by atoms with Gasteiger partial charge in [0.1, 0.15) is 5.70 Å². The lowest BCUT2D eigenvalue weighted by Gasteiger charge is -2.08. The van der Waals surface area contributed by atoms with Gasteiger partial charge in [-0.25, -0.2) is 5.43 Å². The second kappa shape index (κ2) is 9.23. The molecule has 4 rings (SSSR count). The lowest BCUT2D eigenvalue weighted by molar-refractivity contribution is -0.117. The second-order valence-electron chi connectivity index (χ2n) is 6.80. The number of carbonyl (C=O) groups is 2. The first-order valence-corrected chi connectivity index (χ1v) is 10.5. The van der Waals surface area contributed by atoms with Crippen molar-refractivity contribution in [3.8, 4) is 0 Å². The molecule has 0 saturated carbocycles. The van der Waals surface area contributed by atoms with Crippen molar-refractivity contribution in [1.29, 1.82) is 0 Å². The summed E-state index contributed by atoms with van der Waals surface area (Å²) in [6.07, 6.45) is 3.24. The maximum atomic E-state index is 12.8. The topological polar surface area (TPSA) is 86.3 Å². The van der Waals surface area contributed by atoms with Gasteiger partial charge in [0.25, 0.3) is 11.8 Å². The Hall–Kier alpha value is -3.97. The summed E-state index contributed by atoms with van der Waals surface area (Å²) in [6.45, 7) is 1.95. The summed E-state index contributed by atoms with van der Waals surface area (Å²) in [4.78, 5) is 29.5. The fourth-order valence-corrected chi connectivity index (χ4v) is 3.80. The van der Waals surface area contributed by atoms with Crippen LogP contribution in [0.5, 0.6) is 0 Å². The highest BCUT2D eigenvalue weighted by molar-refractivity contribution is 7.10. The molecule has 154 valence electrons. The summed E-state index contributed by atoms with van der Waals surface area (Å²) in [5, 5.41) is 9.73. The number of amides is 2. The maximum Gasteiger partial charge on any atom is 0.287 e. The number of aromatic nitrogens is 1. The molecule has 31 heavy (non-hydrogen) atoms. The molecule has 0 unspecified atom stereocenters. The number of benzene rings is 2. The van der Waals surface area contributed by atoms with Gasteiger partial charge >= 0.3 is 0 Å². The average molecular weight is 429 g/mol. The number of H-pyrrole nitrogens is 1. The van der Waals surface area contributed by atoms with E-state index in [4.69, 9.17) is 0 Å². The van der Waals surface area contributed by atoms with Crippen molar-refractivity contribution in [2.45, 2.75) is 6.92 Å². The standard InChI is InChI=1S/C24H20N4O2S/c1-16-20(19-11-5-6-12-21(19)26-16)15-25-28-24(30)22(14-18-10-7-13-31-18)27-23(29)17-8-3-2-4-9-17/h2-15,26H,1H3,(H,27,29)(H,28,30)/b22-14?,25-15+. The molecule has 0 bridgehead atoms. The number of carbonyl (C=O) groups excluding carboxylic acids is 2. The fraction of sp³-hybridized carbons (Fsp3) is 0.0417. The van der Waals surface area contributed by atoms with E-state index in [9.17, 15) is 9.59 Å². The number of nitrogens with one attached hydrogen (secondary N) is 3. The van der Waals surface area contributed by atoms with Crippen molar-refractivity contribution in [3.05, 3.63) is 99.5 Å². The highest BCUT2D eigenvalue weighted by Gasteiger charge is 2.14. The number of fused-ring (bicyclic) bond motifs is 1. The lowest BCUT2D eigenvalue weighted by atomic mass is 10.1. The van der Waals surface area contributed by atoms with Gasteiger partial charge in [-0.1, -0.05) is 42.5 Å². The Bertz CT molecular complexity index is 1270. The molecule has 2 heterocycles. The van der Waals surface area contributed by atoms with Crippen molar-refractivity contribution in [2.24, 2.45) is 5.10 Å². The number of aromatic amines is 1. The van der Waals surface area contributed by atoms with Gasteiger partial charge in [-0.15, -0.1) is 11.3 Å². The van der Waals surface area contributed by atoms with Crippen LogP contribution in [-0.2, 0) is 4.79 Å². The number of hydrogen-bond acceptors (Lipinski definition) is 4. The molecule has 0 spiro atoms. The first-order chi connectivity index (χ1) is 15.1. The Kier molecular flexibility index (Phi) is 6.05. The number of rotatable bonds is 6. The Morgan fingerprint density at radius 1 is 1.00 bits per heavy atom. The summed E-state index contributed by atoms with van der Waals surface area (Å²) in [5.41, 5.74) is 5.95. The Labute approximate surface area is 183 Å². The molecule has 2 aromatic heterocycles. The van der Waals surface area contributed by atoms with Crippen molar-refractivity contribution in [1.82, 2.24) is 15.7 Å². The smallest absolute Gasteiger partial charge is 0.287 e. The molecular formula is C24H20N4O2S. The SMILES string of the molecule is Cc1[nH]c2ccccc2c1/C=N/NC(=O)C(=Cc1cccs1)NC(=O)c1ccccc1. The molecule has 0 aliphatic carbocycles. The van der Waals surface area contributed by atoms with Crippen LogP contribution in [-0.4, -0.2) is 23.0 Å². The molecule has 7 heteroatoms. The lowest BCUT2D eigenvalue weighted by Crippen LogP contribution is -2.32. The fourth-order valence-electron chi connectivity index (χ4n) is 3.14. The van der Waals surface area contributed by atoms with Crippen LogP contribution in [0, 0.1) is 6.92 Å². The molecule has 0 aliphatic heterocycles. The van der Waals surface area contributed by atoms with E-state index in [1.165, 1.54) is 11.3 Å². The molecule has 0 saturated heterocycles. The predicted molar refractivity (Wildman–Crippen MR) is 125 cm³/mol. The predicted octanol–water partition coefficient (Wildman–Crippen LogP) is 4.46. The van der Waals surface area contributed by atoms with E-state index in [0.717, 1.165) is 27.0 Å². The zero-order valence-corrected chi connectivity index (χ0v) is 17.6. The quantitative estimate of drug-likeness (QED) is 0.241. The van der Waals surface area contributed by atoms with Crippen LogP contribution in [0.4, 0.5) is 0 Å². The summed E-state index contributed by atoms with van der Waals surface area (Å²) < 4.78 is 0. The molecule has 0 atom stereocenters. The average Bonchev–Trinajstić information content (AvgIpc) is 3.41. The van der Waals surface area contributed by atoms with Gasteiger partial charge in [-0.3, -0.25) is 9.59 Å². The van der Waals surface area contributed by atoms with Gasteiger partial charge in [0.15, 0.2) is 0 Å². The number of nitrogens with zero attached hydrogens (tertiary/aromatic N) is 1. The number of hydrazone groups is 1. The van der Waals surface area contributed by atoms with Gasteiger partial charge in [-0.05, 0) is 42.6 Å². The first kappa shape index (κ1) is 20.3. The zero-order chi connectivity index (χ0) is 21.6. The van der Waals surface area contributed by atoms with E-state index in [1.807, 2.05) is 54.8 Å². The minimum Gasteiger partial charge on any atom is -0.358 e.